The lowest BCUT2D eigenvalue weighted by atomic mass is 9.88. The second kappa shape index (κ2) is 4.51. The fourth-order valence-corrected chi connectivity index (χ4v) is 4.28. The van der Waals surface area contributed by atoms with Crippen LogP contribution >= 0.6 is 11.3 Å². The molecule has 1 aromatic rings. The molecule has 2 atom stereocenters. The summed E-state index contributed by atoms with van der Waals surface area (Å²) < 4.78 is 5.49. The summed E-state index contributed by atoms with van der Waals surface area (Å²) in [4.78, 5) is 15.5. The molecule has 0 spiro atoms. The quantitative estimate of drug-likeness (QED) is 0.725. The molecule has 1 saturated heterocycles. The van der Waals surface area contributed by atoms with Crippen molar-refractivity contribution < 1.29 is 9.53 Å². The molecule has 1 aliphatic heterocycles. The number of carbonyl (C=O) groups excluding carboxylic acids is 1. The van der Waals surface area contributed by atoms with Gasteiger partial charge in [-0.05, 0) is 56.5 Å². The highest BCUT2D eigenvalue weighted by Crippen LogP contribution is 2.45. The minimum atomic E-state index is -0.405. The number of likely N-dealkylation sites (tertiary alicyclic amines) is 1. The molecule has 3 rings (SSSR count). The van der Waals surface area contributed by atoms with Crippen LogP contribution in [0, 0.1) is 5.92 Å². The zero-order chi connectivity index (χ0) is 13.6. The third-order valence-corrected chi connectivity index (χ3v) is 5.10. The average Bonchev–Trinajstić information content (AvgIpc) is 2.85. The van der Waals surface area contributed by atoms with Crippen LogP contribution < -0.4 is 0 Å². The molecule has 0 saturated carbocycles. The normalized spacial score (nSPS) is 25.9. The molecular formula is C15H21NO2S. The second-order valence-corrected chi connectivity index (χ2v) is 7.54. The van der Waals surface area contributed by atoms with Crippen molar-refractivity contribution in [1.29, 1.82) is 0 Å². The number of carbonyl (C=O) groups is 1. The Bertz CT molecular complexity index is 489. The Morgan fingerprint density at radius 1 is 1.47 bits per heavy atom. The summed E-state index contributed by atoms with van der Waals surface area (Å²) in [6.45, 7) is 7.43. The number of amides is 1. The van der Waals surface area contributed by atoms with Crippen LogP contribution in [0.4, 0.5) is 4.79 Å². The monoisotopic (exact) mass is 279 g/mol. The lowest BCUT2D eigenvalue weighted by molar-refractivity contribution is 0.0166. The molecular weight excluding hydrogens is 258 g/mol. The van der Waals surface area contributed by atoms with Crippen LogP contribution in [0.1, 0.15) is 43.6 Å². The van der Waals surface area contributed by atoms with Gasteiger partial charge in [-0.25, -0.2) is 4.79 Å². The molecule has 0 radical (unpaired) electrons. The van der Waals surface area contributed by atoms with E-state index in [0.717, 1.165) is 25.4 Å². The fraction of sp³-hybridized carbons (Fsp3) is 0.667. The number of nitrogens with zero attached hydrogens (tertiary/aromatic N) is 1. The first-order chi connectivity index (χ1) is 8.94. The smallest absolute Gasteiger partial charge is 0.410 e. The average molecular weight is 279 g/mol. The summed E-state index contributed by atoms with van der Waals surface area (Å²) in [5.41, 5.74) is 1.10. The predicted molar refractivity (Wildman–Crippen MR) is 76.7 cm³/mol. The van der Waals surface area contributed by atoms with Crippen molar-refractivity contribution in [2.75, 3.05) is 13.1 Å². The number of rotatable bonds is 0. The Hall–Kier alpha value is -1.03. The van der Waals surface area contributed by atoms with Crippen LogP contribution in [0.3, 0.4) is 0 Å². The van der Waals surface area contributed by atoms with E-state index in [1.807, 2.05) is 37.0 Å². The first kappa shape index (κ1) is 13.0. The van der Waals surface area contributed by atoms with E-state index in [2.05, 4.69) is 11.4 Å². The molecule has 1 amide bonds. The molecule has 19 heavy (non-hydrogen) atoms. The van der Waals surface area contributed by atoms with Crippen molar-refractivity contribution in [2.24, 2.45) is 5.92 Å². The Kier molecular flexibility index (Phi) is 3.08. The van der Waals surface area contributed by atoms with Crippen molar-refractivity contribution in [3.63, 3.8) is 0 Å². The highest BCUT2D eigenvalue weighted by Gasteiger charge is 2.39. The Labute approximate surface area is 118 Å². The maximum Gasteiger partial charge on any atom is 0.410 e. The standard InChI is InChI=1S/C15H21NO2S/c1-15(2,3)18-14(17)16-6-4-10-8-11-5-7-19-13(11)12(10)9-16/h5,7,10,12H,4,6,8-9H2,1-3H3. The molecule has 0 bridgehead atoms. The van der Waals surface area contributed by atoms with Gasteiger partial charge in [0.05, 0.1) is 0 Å². The second-order valence-electron chi connectivity index (χ2n) is 6.60. The van der Waals surface area contributed by atoms with E-state index in [0.29, 0.717) is 5.92 Å². The molecule has 4 heteroatoms. The number of fused-ring (bicyclic) bond motifs is 3. The van der Waals surface area contributed by atoms with Crippen molar-refractivity contribution in [3.8, 4) is 0 Å². The van der Waals surface area contributed by atoms with Gasteiger partial charge < -0.3 is 9.64 Å². The molecule has 0 aromatic carbocycles. The highest BCUT2D eigenvalue weighted by atomic mass is 32.1. The minimum absolute atomic E-state index is 0.157. The van der Waals surface area contributed by atoms with E-state index >= 15 is 0 Å². The van der Waals surface area contributed by atoms with Crippen LogP contribution in [0.5, 0.6) is 0 Å². The van der Waals surface area contributed by atoms with E-state index < -0.39 is 5.60 Å². The van der Waals surface area contributed by atoms with E-state index in [-0.39, 0.29) is 6.09 Å². The molecule has 1 fully saturated rings. The Balaban J connectivity index is 1.70. The van der Waals surface area contributed by atoms with Crippen molar-refractivity contribution in [1.82, 2.24) is 4.90 Å². The molecule has 1 aliphatic carbocycles. The van der Waals surface area contributed by atoms with Gasteiger partial charge in [-0.1, -0.05) is 0 Å². The number of hydrogen-bond acceptors (Lipinski definition) is 3. The molecule has 2 heterocycles. The Morgan fingerprint density at radius 2 is 2.26 bits per heavy atom. The summed E-state index contributed by atoms with van der Waals surface area (Å²) in [6, 6.07) is 2.25. The van der Waals surface area contributed by atoms with Crippen molar-refractivity contribution >= 4 is 17.4 Å². The van der Waals surface area contributed by atoms with E-state index in [1.54, 1.807) is 0 Å². The van der Waals surface area contributed by atoms with Crippen LogP contribution in [-0.4, -0.2) is 29.7 Å². The molecule has 2 aliphatic rings. The van der Waals surface area contributed by atoms with Gasteiger partial charge >= 0.3 is 6.09 Å². The van der Waals surface area contributed by atoms with Crippen LogP contribution in [0.25, 0.3) is 0 Å². The van der Waals surface area contributed by atoms with Crippen LogP contribution in [-0.2, 0) is 11.2 Å². The zero-order valence-electron chi connectivity index (χ0n) is 11.8. The van der Waals surface area contributed by atoms with E-state index in [9.17, 15) is 4.79 Å². The number of thiophene rings is 1. The number of hydrogen-bond donors (Lipinski definition) is 0. The van der Waals surface area contributed by atoms with Gasteiger partial charge in [0.2, 0.25) is 0 Å². The molecule has 3 nitrogen and oxygen atoms in total. The first-order valence-electron chi connectivity index (χ1n) is 6.98. The molecule has 0 N–H and O–H groups in total. The third-order valence-electron chi connectivity index (χ3n) is 4.01. The summed E-state index contributed by atoms with van der Waals surface area (Å²) in [5.74, 6) is 1.28. The van der Waals surface area contributed by atoms with E-state index in [1.165, 1.54) is 16.9 Å². The van der Waals surface area contributed by atoms with E-state index in [4.69, 9.17) is 4.74 Å². The zero-order valence-corrected chi connectivity index (χ0v) is 12.6. The molecule has 104 valence electrons. The van der Waals surface area contributed by atoms with Gasteiger partial charge in [0.1, 0.15) is 5.60 Å². The summed E-state index contributed by atoms with van der Waals surface area (Å²) >= 11 is 1.85. The lowest BCUT2D eigenvalue weighted by Gasteiger charge is -2.36. The SMILES string of the molecule is CC(C)(C)OC(=O)N1CCC2Cc3ccsc3C2C1. The van der Waals surface area contributed by atoms with Gasteiger partial charge in [-0.2, -0.15) is 0 Å². The Morgan fingerprint density at radius 3 is 3.00 bits per heavy atom. The maximum absolute atomic E-state index is 12.2. The minimum Gasteiger partial charge on any atom is -0.444 e. The van der Waals surface area contributed by atoms with Gasteiger partial charge in [-0.15, -0.1) is 11.3 Å². The maximum atomic E-state index is 12.2. The van der Waals surface area contributed by atoms with Crippen LogP contribution in [0.15, 0.2) is 11.4 Å². The lowest BCUT2D eigenvalue weighted by Crippen LogP contribution is -2.44. The molecule has 1 aromatic heterocycles. The van der Waals surface area contributed by atoms with Gasteiger partial charge in [-0.3, -0.25) is 0 Å². The summed E-state index contributed by atoms with van der Waals surface area (Å²) in [5, 5.41) is 2.17. The number of piperidine rings is 1. The largest absolute Gasteiger partial charge is 0.444 e. The number of ether oxygens (including phenoxy) is 1. The predicted octanol–water partition coefficient (Wildman–Crippen LogP) is 3.64. The fourth-order valence-electron chi connectivity index (χ4n) is 3.16. The van der Waals surface area contributed by atoms with Gasteiger partial charge in [0, 0.05) is 23.9 Å². The van der Waals surface area contributed by atoms with Gasteiger partial charge in [0.25, 0.3) is 0 Å². The topological polar surface area (TPSA) is 29.5 Å². The van der Waals surface area contributed by atoms with Gasteiger partial charge in [0.15, 0.2) is 0 Å². The first-order valence-corrected chi connectivity index (χ1v) is 7.86. The third kappa shape index (κ3) is 2.50. The van der Waals surface area contributed by atoms with Crippen molar-refractivity contribution in [2.45, 2.75) is 45.1 Å². The summed E-state index contributed by atoms with van der Waals surface area (Å²) in [7, 11) is 0. The van der Waals surface area contributed by atoms with Crippen molar-refractivity contribution in [3.05, 3.63) is 21.9 Å². The molecule has 2 unspecified atom stereocenters. The highest BCUT2D eigenvalue weighted by molar-refractivity contribution is 7.10. The summed E-state index contributed by atoms with van der Waals surface area (Å²) in [6.07, 6.45) is 2.15. The van der Waals surface area contributed by atoms with Crippen LogP contribution in [0.2, 0.25) is 0 Å².